The molecule has 36 heavy (non-hydrogen) atoms. The molecule has 0 saturated carbocycles. The van der Waals surface area contributed by atoms with Crippen LogP contribution in [0.1, 0.15) is 45.4 Å². The molecule has 5 atom stereocenters. The van der Waals surface area contributed by atoms with Gasteiger partial charge < -0.3 is 54.8 Å². The van der Waals surface area contributed by atoms with Crippen LogP contribution in [0.5, 0.6) is 0 Å². The van der Waals surface area contributed by atoms with Gasteiger partial charge in [-0.3, -0.25) is 24.2 Å². The monoisotopic (exact) mass is 517 g/mol. The first-order valence-electron chi connectivity index (χ1n) is 11.4. The van der Waals surface area contributed by atoms with E-state index in [9.17, 15) is 34.2 Å². The summed E-state index contributed by atoms with van der Waals surface area (Å²) in [4.78, 5) is 64.5. The Morgan fingerprint density at radius 1 is 0.833 bits per heavy atom. The second-order valence-corrected chi connectivity index (χ2v) is 8.19. The molecule has 4 amide bonds. The van der Waals surface area contributed by atoms with E-state index in [1.54, 1.807) is 0 Å². The van der Waals surface area contributed by atoms with Crippen LogP contribution in [0.15, 0.2) is 4.99 Å². The van der Waals surface area contributed by atoms with Crippen LogP contribution in [0.2, 0.25) is 0 Å². The number of primary amides is 1. The lowest BCUT2D eigenvalue weighted by Gasteiger charge is -2.25. The van der Waals surface area contributed by atoms with Gasteiger partial charge in [-0.1, -0.05) is 0 Å². The number of aliphatic carboxylic acids is 1. The number of amides is 4. The maximum atomic E-state index is 13.0. The zero-order valence-electron chi connectivity index (χ0n) is 20.3. The fourth-order valence-corrected chi connectivity index (χ4v) is 2.97. The number of unbranched alkanes of at least 4 members (excludes halogenated alkanes) is 1. The summed E-state index contributed by atoms with van der Waals surface area (Å²) < 4.78 is 0. The molecule has 0 fully saturated rings. The second-order valence-electron chi connectivity index (χ2n) is 8.19. The average molecular weight is 518 g/mol. The van der Waals surface area contributed by atoms with E-state index in [1.165, 1.54) is 6.92 Å². The molecule has 0 aromatic rings. The maximum Gasteiger partial charge on any atom is 0.326 e. The van der Waals surface area contributed by atoms with E-state index < -0.39 is 66.3 Å². The van der Waals surface area contributed by atoms with Gasteiger partial charge in [0.05, 0.1) is 12.5 Å². The summed E-state index contributed by atoms with van der Waals surface area (Å²) in [5.41, 5.74) is 26.7. The fourth-order valence-electron chi connectivity index (χ4n) is 2.97. The van der Waals surface area contributed by atoms with Crippen LogP contribution in [0, 0.1) is 0 Å². The van der Waals surface area contributed by atoms with E-state index in [-0.39, 0.29) is 31.8 Å². The molecule has 0 heterocycles. The van der Waals surface area contributed by atoms with Crippen molar-refractivity contribution in [1.82, 2.24) is 16.0 Å². The topological polar surface area (TPSA) is 304 Å². The highest BCUT2D eigenvalue weighted by molar-refractivity contribution is 5.94. The Morgan fingerprint density at radius 3 is 1.78 bits per heavy atom. The van der Waals surface area contributed by atoms with Crippen molar-refractivity contribution < 1.29 is 34.2 Å². The van der Waals surface area contributed by atoms with Crippen molar-refractivity contribution in [2.24, 2.45) is 33.7 Å². The number of hydrogen-bond donors (Lipinski definition) is 10. The average Bonchev–Trinajstić information content (AvgIpc) is 2.78. The van der Waals surface area contributed by atoms with E-state index in [1.807, 2.05) is 0 Å². The van der Waals surface area contributed by atoms with Crippen molar-refractivity contribution in [3.63, 3.8) is 0 Å². The number of guanidine groups is 1. The van der Waals surface area contributed by atoms with Gasteiger partial charge in [0, 0.05) is 6.54 Å². The molecule has 0 aromatic carbocycles. The SMILES string of the molecule is CC(O)C(N)C(=O)NC(CCCCN)C(=O)NC(CCCN=C(N)N)C(=O)NC(CC(N)=O)C(=O)O. The third-order valence-corrected chi connectivity index (χ3v) is 5.00. The Morgan fingerprint density at radius 2 is 1.33 bits per heavy atom. The number of nitrogens with one attached hydrogen (secondary N) is 3. The number of rotatable bonds is 18. The minimum Gasteiger partial charge on any atom is -0.480 e. The molecule has 0 spiro atoms. The second kappa shape index (κ2) is 17.0. The van der Waals surface area contributed by atoms with Crippen LogP contribution in [-0.2, 0) is 24.0 Å². The Labute approximate surface area is 208 Å². The van der Waals surface area contributed by atoms with Crippen molar-refractivity contribution in [2.75, 3.05) is 13.1 Å². The maximum absolute atomic E-state index is 13.0. The van der Waals surface area contributed by atoms with Crippen LogP contribution in [0.25, 0.3) is 0 Å². The number of carboxylic acids is 1. The van der Waals surface area contributed by atoms with E-state index in [0.717, 1.165) is 0 Å². The molecule has 0 aliphatic carbocycles. The largest absolute Gasteiger partial charge is 0.480 e. The van der Waals surface area contributed by atoms with E-state index in [4.69, 9.17) is 28.7 Å². The quantitative estimate of drug-likeness (QED) is 0.0467. The number of nitrogens with zero attached hydrogens (tertiary/aromatic N) is 1. The number of carbonyl (C=O) groups is 5. The standard InChI is InChI=1S/C20H39N9O7/c1-10(30)15(23)18(34)28-11(5-2-3-7-21)16(32)27-12(6-4-8-26-20(24)25)17(33)29-13(19(35)36)9-14(22)31/h10-13,15,30H,2-9,21,23H2,1H3,(H2,22,31)(H,27,32)(H,28,34)(H,29,33)(H,35,36)(H4,24,25,26). The van der Waals surface area contributed by atoms with Crippen molar-refractivity contribution >= 4 is 35.6 Å². The van der Waals surface area contributed by atoms with E-state index in [0.29, 0.717) is 19.4 Å². The van der Waals surface area contributed by atoms with Gasteiger partial charge in [-0.2, -0.15) is 0 Å². The highest BCUT2D eigenvalue weighted by Gasteiger charge is 2.31. The molecule has 0 aliphatic rings. The Balaban J connectivity index is 5.66. The predicted molar refractivity (Wildman–Crippen MR) is 130 cm³/mol. The van der Waals surface area contributed by atoms with Gasteiger partial charge >= 0.3 is 5.97 Å². The molecule has 0 radical (unpaired) electrons. The summed E-state index contributed by atoms with van der Waals surface area (Å²) in [6.45, 7) is 1.78. The molecular formula is C20H39N9O7. The first-order valence-corrected chi connectivity index (χ1v) is 11.4. The lowest BCUT2D eigenvalue weighted by Crippen LogP contribution is -2.58. The number of aliphatic imine (C=N–C) groups is 1. The van der Waals surface area contributed by atoms with E-state index >= 15 is 0 Å². The number of carbonyl (C=O) groups excluding carboxylic acids is 4. The lowest BCUT2D eigenvalue weighted by atomic mass is 10.0. The molecule has 0 saturated heterocycles. The minimum atomic E-state index is -1.61. The third-order valence-electron chi connectivity index (χ3n) is 5.00. The Hall–Kier alpha value is -3.50. The van der Waals surface area contributed by atoms with Crippen molar-refractivity contribution in [3.8, 4) is 0 Å². The summed E-state index contributed by atoms with van der Waals surface area (Å²) in [6.07, 6.45) is -0.453. The first kappa shape index (κ1) is 32.5. The molecule has 15 N–H and O–H groups in total. The molecule has 16 heteroatoms. The van der Waals surface area contributed by atoms with Crippen molar-refractivity contribution in [2.45, 2.75) is 75.7 Å². The molecular weight excluding hydrogens is 478 g/mol. The predicted octanol–water partition coefficient (Wildman–Crippen LogP) is -4.71. The Bertz CT molecular complexity index is 787. The Kier molecular flexibility index (Phi) is 15.4. The number of nitrogens with two attached hydrogens (primary N) is 5. The summed E-state index contributed by atoms with van der Waals surface area (Å²) in [7, 11) is 0. The summed E-state index contributed by atoms with van der Waals surface area (Å²) in [5, 5.41) is 25.9. The summed E-state index contributed by atoms with van der Waals surface area (Å²) >= 11 is 0. The normalized spacial score (nSPS) is 14.9. The molecule has 16 nitrogen and oxygen atoms in total. The van der Waals surface area contributed by atoms with Gasteiger partial charge in [-0.05, 0) is 45.6 Å². The third kappa shape index (κ3) is 13.4. The number of carboxylic acid groups (broad SMARTS) is 1. The highest BCUT2D eigenvalue weighted by Crippen LogP contribution is 2.06. The van der Waals surface area contributed by atoms with E-state index in [2.05, 4.69) is 20.9 Å². The first-order chi connectivity index (χ1) is 16.8. The van der Waals surface area contributed by atoms with Gasteiger partial charge in [0.2, 0.25) is 23.6 Å². The summed E-state index contributed by atoms with van der Waals surface area (Å²) in [6, 6.07) is -5.29. The van der Waals surface area contributed by atoms with Gasteiger partial charge in [0.1, 0.15) is 24.2 Å². The van der Waals surface area contributed by atoms with Gasteiger partial charge in [0.15, 0.2) is 5.96 Å². The molecule has 0 bridgehead atoms. The van der Waals surface area contributed by atoms with Crippen LogP contribution >= 0.6 is 0 Å². The van der Waals surface area contributed by atoms with Crippen LogP contribution < -0.4 is 44.6 Å². The zero-order valence-corrected chi connectivity index (χ0v) is 20.3. The summed E-state index contributed by atoms with van der Waals surface area (Å²) in [5.74, 6) is -5.04. The molecule has 0 aliphatic heterocycles. The lowest BCUT2D eigenvalue weighted by molar-refractivity contribution is -0.143. The number of aliphatic hydroxyl groups excluding tert-OH is 1. The van der Waals surface area contributed by atoms with Crippen molar-refractivity contribution in [3.05, 3.63) is 0 Å². The van der Waals surface area contributed by atoms with Gasteiger partial charge in [-0.15, -0.1) is 0 Å². The number of aliphatic hydroxyl groups is 1. The van der Waals surface area contributed by atoms with Crippen LogP contribution in [-0.4, -0.2) is 89.1 Å². The van der Waals surface area contributed by atoms with Gasteiger partial charge in [0.25, 0.3) is 0 Å². The van der Waals surface area contributed by atoms with Crippen LogP contribution in [0.4, 0.5) is 0 Å². The molecule has 0 aromatic heterocycles. The molecule has 5 unspecified atom stereocenters. The zero-order chi connectivity index (χ0) is 27.8. The fraction of sp³-hybridized carbons (Fsp3) is 0.700. The molecule has 0 rings (SSSR count). The van der Waals surface area contributed by atoms with Crippen molar-refractivity contribution in [1.29, 1.82) is 0 Å². The smallest absolute Gasteiger partial charge is 0.326 e. The minimum absolute atomic E-state index is 0.00603. The van der Waals surface area contributed by atoms with Gasteiger partial charge in [-0.25, -0.2) is 4.79 Å². The highest BCUT2D eigenvalue weighted by atomic mass is 16.4. The number of hydrogen-bond acceptors (Lipinski definition) is 9. The molecule has 206 valence electrons. The van der Waals surface area contributed by atoms with Crippen LogP contribution in [0.3, 0.4) is 0 Å².